The number of hydrogen-bond donors (Lipinski definition) is 1. The summed E-state index contributed by atoms with van der Waals surface area (Å²) in [6.07, 6.45) is -3.57. The molecule has 2 heterocycles. The zero-order chi connectivity index (χ0) is 24.8. The first-order chi connectivity index (χ1) is 15.9. The Labute approximate surface area is 195 Å². The van der Waals surface area contributed by atoms with E-state index in [0.29, 0.717) is 29.6 Å². The minimum absolute atomic E-state index is 0.0312. The van der Waals surface area contributed by atoms with Gasteiger partial charge in [0.15, 0.2) is 5.76 Å². The number of furan rings is 1. The first kappa shape index (κ1) is 24.3. The van der Waals surface area contributed by atoms with Crippen LogP contribution in [0.1, 0.15) is 41.9 Å². The summed E-state index contributed by atoms with van der Waals surface area (Å²) in [6, 6.07) is 8.70. The van der Waals surface area contributed by atoms with Crippen LogP contribution in [0.25, 0.3) is 11.0 Å². The molecule has 10 heteroatoms. The van der Waals surface area contributed by atoms with Crippen LogP contribution in [0.3, 0.4) is 0 Å². The summed E-state index contributed by atoms with van der Waals surface area (Å²) in [4.78, 5) is 12.9. The number of anilines is 1. The molecule has 0 aliphatic carbocycles. The van der Waals surface area contributed by atoms with Crippen LogP contribution in [0.5, 0.6) is 0 Å². The molecule has 1 amide bonds. The van der Waals surface area contributed by atoms with Gasteiger partial charge in [-0.15, -0.1) is 0 Å². The highest BCUT2D eigenvalue weighted by Crippen LogP contribution is 2.33. The molecule has 0 saturated carbocycles. The van der Waals surface area contributed by atoms with E-state index >= 15 is 0 Å². The van der Waals surface area contributed by atoms with Gasteiger partial charge in [-0.2, -0.15) is 17.5 Å². The SMILES string of the molecule is Cc1c(C(=O)Nc2cccc(C(F)(F)F)c2)oc2ccc(S(=O)(=O)N3CC(C)CC(C)C3)cc12. The van der Waals surface area contributed by atoms with Crippen molar-refractivity contribution >= 4 is 32.6 Å². The second-order valence-electron chi connectivity index (χ2n) is 9.01. The van der Waals surface area contributed by atoms with E-state index in [4.69, 9.17) is 4.42 Å². The van der Waals surface area contributed by atoms with Crippen LogP contribution in [-0.2, 0) is 16.2 Å². The summed E-state index contributed by atoms with van der Waals surface area (Å²) in [5.74, 6) is -0.314. The van der Waals surface area contributed by atoms with Crippen LogP contribution in [-0.4, -0.2) is 31.7 Å². The minimum Gasteiger partial charge on any atom is -0.451 e. The van der Waals surface area contributed by atoms with E-state index in [0.717, 1.165) is 18.6 Å². The number of benzene rings is 2. The molecule has 6 nitrogen and oxygen atoms in total. The summed E-state index contributed by atoms with van der Waals surface area (Å²) in [7, 11) is -3.73. The summed E-state index contributed by atoms with van der Waals surface area (Å²) in [5.41, 5.74) is -0.206. The van der Waals surface area contributed by atoms with Crippen molar-refractivity contribution in [3.63, 3.8) is 0 Å². The van der Waals surface area contributed by atoms with Crippen LogP contribution in [0.2, 0.25) is 0 Å². The van der Waals surface area contributed by atoms with Gasteiger partial charge in [0, 0.05) is 29.7 Å². The second-order valence-corrected chi connectivity index (χ2v) is 11.0. The average molecular weight is 495 g/mol. The Morgan fingerprint density at radius 3 is 2.41 bits per heavy atom. The van der Waals surface area contributed by atoms with Crippen molar-refractivity contribution in [2.75, 3.05) is 18.4 Å². The van der Waals surface area contributed by atoms with Crippen molar-refractivity contribution in [2.45, 2.75) is 38.3 Å². The van der Waals surface area contributed by atoms with E-state index in [1.165, 1.54) is 34.6 Å². The van der Waals surface area contributed by atoms with Gasteiger partial charge in [0.2, 0.25) is 10.0 Å². The zero-order valence-electron chi connectivity index (χ0n) is 18.9. The van der Waals surface area contributed by atoms with Crippen LogP contribution in [0, 0.1) is 18.8 Å². The number of halogens is 3. The normalized spacial score (nSPS) is 19.9. The topological polar surface area (TPSA) is 79.6 Å². The molecule has 1 aromatic heterocycles. The number of aryl methyl sites for hydroxylation is 1. The molecular weight excluding hydrogens is 469 g/mol. The number of hydrogen-bond acceptors (Lipinski definition) is 4. The molecule has 0 radical (unpaired) electrons. The van der Waals surface area contributed by atoms with Crippen LogP contribution in [0.15, 0.2) is 51.8 Å². The fraction of sp³-hybridized carbons (Fsp3) is 0.375. The van der Waals surface area contributed by atoms with E-state index < -0.39 is 27.7 Å². The van der Waals surface area contributed by atoms with Crippen LogP contribution >= 0.6 is 0 Å². The third-order valence-electron chi connectivity index (χ3n) is 6.03. The molecular formula is C24H25F3N2O4S. The molecule has 34 heavy (non-hydrogen) atoms. The Balaban J connectivity index is 1.63. The molecule has 2 aromatic carbocycles. The van der Waals surface area contributed by atoms with Gasteiger partial charge in [0.25, 0.3) is 5.91 Å². The first-order valence-electron chi connectivity index (χ1n) is 10.9. The van der Waals surface area contributed by atoms with Gasteiger partial charge >= 0.3 is 6.18 Å². The molecule has 4 rings (SSSR count). The van der Waals surface area contributed by atoms with Gasteiger partial charge in [-0.3, -0.25) is 4.79 Å². The fourth-order valence-corrected chi connectivity index (χ4v) is 6.20. The number of amides is 1. The Morgan fingerprint density at radius 1 is 1.09 bits per heavy atom. The first-order valence-corrected chi connectivity index (χ1v) is 12.3. The number of fused-ring (bicyclic) bond motifs is 1. The molecule has 0 spiro atoms. The van der Waals surface area contributed by atoms with E-state index in [1.807, 2.05) is 13.8 Å². The Morgan fingerprint density at radius 2 is 1.76 bits per heavy atom. The predicted octanol–water partition coefficient (Wildman–Crippen LogP) is 5.68. The molecule has 1 aliphatic rings. The van der Waals surface area contributed by atoms with Gasteiger partial charge in [-0.1, -0.05) is 19.9 Å². The van der Waals surface area contributed by atoms with E-state index in [1.54, 1.807) is 6.92 Å². The standard InChI is InChI=1S/C24H25F3N2O4S/c1-14-9-15(2)13-29(12-14)34(31,32)19-7-8-21-20(11-19)16(3)22(33-21)23(30)28-18-6-4-5-17(10-18)24(25,26)27/h4-8,10-11,14-15H,9,12-13H2,1-3H3,(H,28,30). The molecule has 2 atom stereocenters. The highest BCUT2D eigenvalue weighted by Gasteiger charge is 2.33. The third-order valence-corrected chi connectivity index (χ3v) is 7.86. The van der Waals surface area contributed by atoms with Crippen LogP contribution < -0.4 is 5.32 Å². The van der Waals surface area contributed by atoms with Crippen molar-refractivity contribution in [1.82, 2.24) is 4.31 Å². The monoisotopic (exact) mass is 494 g/mol. The van der Waals surface area contributed by atoms with Gasteiger partial charge in [0.1, 0.15) is 5.58 Å². The number of rotatable bonds is 4. The molecule has 0 bridgehead atoms. The molecule has 1 N–H and O–H groups in total. The maximum Gasteiger partial charge on any atom is 0.416 e. The van der Waals surface area contributed by atoms with Gasteiger partial charge in [-0.25, -0.2) is 8.42 Å². The van der Waals surface area contributed by atoms with E-state index in [-0.39, 0.29) is 28.2 Å². The third kappa shape index (κ3) is 4.69. The number of carbonyl (C=O) groups is 1. The van der Waals surface area contributed by atoms with Crippen molar-refractivity contribution < 1.29 is 30.8 Å². The lowest BCUT2D eigenvalue weighted by atomic mass is 9.94. The molecule has 2 unspecified atom stereocenters. The lowest BCUT2D eigenvalue weighted by Crippen LogP contribution is -2.42. The van der Waals surface area contributed by atoms with Crippen molar-refractivity contribution in [1.29, 1.82) is 0 Å². The zero-order valence-corrected chi connectivity index (χ0v) is 19.8. The predicted molar refractivity (Wildman–Crippen MR) is 122 cm³/mol. The van der Waals surface area contributed by atoms with Gasteiger partial charge < -0.3 is 9.73 Å². The quantitative estimate of drug-likeness (QED) is 0.506. The molecule has 1 aliphatic heterocycles. The molecule has 3 aromatic rings. The minimum atomic E-state index is -4.54. The molecule has 1 fully saturated rings. The van der Waals surface area contributed by atoms with Gasteiger partial charge in [-0.05, 0) is 61.6 Å². The number of nitrogens with one attached hydrogen (secondary N) is 1. The number of alkyl halides is 3. The number of nitrogens with zero attached hydrogens (tertiary/aromatic N) is 1. The Bertz CT molecular complexity index is 1340. The van der Waals surface area contributed by atoms with E-state index in [9.17, 15) is 26.4 Å². The Hall–Kier alpha value is -2.85. The van der Waals surface area contributed by atoms with Gasteiger partial charge in [0.05, 0.1) is 10.5 Å². The fourth-order valence-electron chi connectivity index (χ4n) is 4.49. The Kier molecular flexibility index (Phi) is 6.24. The van der Waals surface area contributed by atoms with E-state index in [2.05, 4.69) is 5.32 Å². The van der Waals surface area contributed by atoms with Crippen molar-refractivity contribution in [3.05, 3.63) is 59.4 Å². The smallest absolute Gasteiger partial charge is 0.416 e. The number of sulfonamides is 1. The second kappa shape index (κ2) is 8.74. The van der Waals surface area contributed by atoms with Crippen molar-refractivity contribution in [3.8, 4) is 0 Å². The molecule has 182 valence electrons. The van der Waals surface area contributed by atoms with Crippen molar-refractivity contribution in [2.24, 2.45) is 11.8 Å². The maximum atomic E-state index is 13.3. The lowest BCUT2D eigenvalue weighted by molar-refractivity contribution is -0.137. The summed E-state index contributed by atoms with van der Waals surface area (Å²) in [6.45, 7) is 6.54. The number of carbonyl (C=O) groups excluding carboxylic acids is 1. The summed E-state index contributed by atoms with van der Waals surface area (Å²) >= 11 is 0. The lowest BCUT2D eigenvalue weighted by Gasteiger charge is -2.34. The molecule has 1 saturated heterocycles. The largest absolute Gasteiger partial charge is 0.451 e. The van der Waals surface area contributed by atoms with Crippen LogP contribution in [0.4, 0.5) is 18.9 Å². The highest BCUT2D eigenvalue weighted by atomic mass is 32.2. The number of piperidine rings is 1. The summed E-state index contributed by atoms with van der Waals surface area (Å²) in [5, 5.41) is 2.87. The highest BCUT2D eigenvalue weighted by molar-refractivity contribution is 7.89. The average Bonchev–Trinajstić information content (AvgIpc) is 3.09. The summed E-state index contributed by atoms with van der Waals surface area (Å²) < 4.78 is 72.5. The maximum absolute atomic E-state index is 13.3.